The Morgan fingerprint density at radius 1 is 1.39 bits per heavy atom. The molecule has 5 heteroatoms. The number of hydrogen-bond acceptors (Lipinski definition) is 3. The van der Waals surface area contributed by atoms with E-state index >= 15 is 0 Å². The van der Waals surface area contributed by atoms with E-state index in [-0.39, 0.29) is 17.8 Å². The highest BCUT2D eigenvalue weighted by atomic mass is 16.1. The Hall–Kier alpha value is -1.52. The van der Waals surface area contributed by atoms with E-state index < -0.39 is 0 Å². The first-order chi connectivity index (χ1) is 8.49. The van der Waals surface area contributed by atoms with Crippen LogP contribution in [0.4, 0.5) is 5.82 Å². The number of aromatic nitrogens is 2. The van der Waals surface area contributed by atoms with Crippen LogP contribution in [-0.4, -0.2) is 22.1 Å². The van der Waals surface area contributed by atoms with Gasteiger partial charge in [0.25, 0.3) is 5.91 Å². The minimum absolute atomic E-state index is 0.106. The topological polar surface area (TPSA) is 83.8 Å². The molecular formula is C13H22N4O. The Bertz CT molecular complexity index is 421. The molecule has 1 saturated carbocycles. The third kappa shape index (κ3) is 2.49. The molecule has 0 aliphatic heterocycles. The fourth-order valence-corrected chi connectivity index (χ4v) is 2.67. The van der Waals surface area contributed by atoms with Crippen molar-refractivity contribution < 1.29 is 4.79 Å². The lowest BCUT2D eigenvalue weighted by molar-refractivity contribution is 0.0911. The summed E-state index contributed by atoms with van der Waals surface area (Å²) in [5.74, 6) is 1.58. The average Bonchev–Trinajstić information content (AvgIpc) is 2.64. The van der Waals surface area contributed by atoms with Crippen LogP contribution in [0.3, 0.4) is 0 Å². The fourth-order valence-electron chi connectivity index (χ4n) is 2.67. The summed E-state index contributed by atoms with van der Waals surface area (Å²) < 4.78 is 0. The first-order valence-electron chi connectivity index (χ1n) is 6.60. The summed E-state index contributed by atoms with van der Waals surface area (Å²) in [6, 6.07) is 0.261. The maximum absolute atomic E-state index is 12.2. The summed E-state index contributed by atoms with van der Waals surface area (Å²) >= 11 is 0. The van der Waals surface area contributed by atoms with Gasteiger partial charge in [-0.25, -0.2) is 0 Å². The van der Waals surface area contributed by atoms with Gasteiger partial charge in [-0.05, 0) is 38.0 Å². The molecule has 2 rings (SSSR count). The van der Waals surface area contributed by atoms with Gasteiger partial charge in [0.05, 0.1) is 0 Å². The van der Waals surface area contributed by atoms with Gasteiger partial charge < -0.3 is 11.1 Å². The number of nitrogens with zero attached hydrogens (tertiary/aromatic N) is 1. The zero-order chi connectivity index (χ0) is 13.3. The maximum Gasteiger partial charge on any atom is 0.257 e. The Balaban J connectivity index is 2.00. The van der Waals surface area contributed by atoms with E-state index in [1.807, 2.05) is 6.92 Å². The zero-order valence-electron chi connectivity index (χ0n) is 11.3. The number of hydrogen-bond donors (Lipinski definition) is 3. The Labute approximate surface area is 108 Å². The summed E-state index contributed by atoms with van der Waals surface area (Å²) in [6.45, 7) is 6.34. The van der Waals surface area contributed by atoms with Gasteiger partial charge in [-0.15, -0.1) is 0 Å². The van der Waals surface area contributed by atoms with E-state index in [0.29, 0.717) is 11.5 Å². The predicted molar refractivity (Wildman–Crippen MR) is 71.2 cm³/mol. The van der Waals surface area contributed by atoms with Crippen LogP contribution in [-0.2, 0) is 0 Å². The summed E-state index contributed by atoms with van der Waals surface area (Å²) in [7, 11) is 0. The normalized spacial score (nSPS) is 28.1. The second-order valence-corrected chi connectivity index (χ2v) is 5.55. The zero-order valence-corrected chi connectivity index (χ0v) is 11.3. The van der Waals surface area contributed by atoms with Gasteiger partial charge in [-0.1, -0.05) is 13.8 Å². The number of rotatable bonds is 2. The van der Waals surface area contributed by atoms with Crippen LogP contribution < -0.4 is 11.1 Å². The minimum atomic E-state index is -0.106. The summed E-state index contributed by atoms with van der Waals surface area (Å²) in [5.41, 5.74) is 6.91. The van der Waals surface area contributed by atoms with Crippen LogP contribution >= 0.6 is 0 Å². The molecule has 4 N–H and O–H groups in total. The number of anilines is 1. The highest BCUT2D eigenvalue weighted by Crippen LogP contribution is 2.29. The van der Waals surface area contributed by atoms with E-state index in [1.165, 1.54) is 6.42 Å². The fraction of sp³-hybridized carbons (Fsp3) is 0.692. The summed E-state index contributed by atoms with van der Waals surface area (Å²) in [5, 5.41) is 9.66. The molecule has 3 atom stereocenters. The lowest BCUT2D eigenvalue weighted by atomic mass is 9.79. The number of H-pyrrole nitrogens is 1. The predicted octanol–water partition coefficient (Wildman–Crippen LogP) is 1.85. The third-order valence-electron chi connectivity index (χ3n) is 4.14. The molecule has 0 saturated heterocycles. The van der Waals surface area contributed by atoms with Crippen molar-refractivity contribution in [3.8, 4) is 0 Å². The standard InChI is InChI=1S/C13H22N4O/c1-7-4-5-10(6-8(7)2)15-13(18)11-9(3)16-17-12(11)14/h7-8,10H,4-6H2,1-3H3,(H,15,18)(H3,14,16,17). The number of carbonyl (C=O) groups excluding carboxylic acids is 1. The van der Waals surface area contributed by atoms with Crippen molar-refractivity contribution in [1.82, 2.24) is 15.5 Å². The second kappa shape index (κ2) is 5.00. The van der Waals surface area contributed by atoms with Crippen molar-refractivity contribution in [3.63, 3.8) is 0 Å². The van der Waals surface area contributed by atoms with Crippen LogP contribution in [0.1, 0.15) is 49.2 Å². The molecule has 3 unspecified atom stereocenters. The SMILES string of the molecule is Cc1[nH]nc(N)c1C(=O)NC1CCC(C)C(C)C1. The Kier molecular flexibility index (Phi) is 3.59. The van der Waals surface area contributed by atoms with Crippen molar-refractivity contribution in [2.24, 2.45) is 11.8 Å². The quantitative estimate of drug-likeness (QED) is 0.749. The number of nitrogens with two attached hydrogens (primary N) is 1. The van der Waals surface area contributed by atoms with E-state index in [1.54, 1.807) is 0 Å². The lowest BCUT2D eigenvalue weighted by Gasteiger charge is -2.32. The van der Waals surface area contributed by atoms with Crippen LogP contribution in [0.5, 0.6) is 0 Å². The Morgan fingerprint density at radius 3 is 2.67 bits per heavy atom. The van der Waals surface area contributed by atoms with E-state index in [9.17, 15) is 4.79 Å². The highest BCUT2D eigenvalue weighted by molar-refractivity contribution is 5.99. The molecule has 1 amide bonds. The largest absolute Gasteiger partial charge is 0.382 e. The van der Waals surface area contributed by atoms with Crippen molar-refractivity contribution in [1.29, 1.82) is 0 Å². The molecule has 1 aromatic heterocycles. The van der Waals surface area contributed by atoms with Crippen molar-refractivity contribution in [2.45, 2.75) is 46.1 Å². The second-order valence-electron chi connectivity index (χ2n) is 5.55. The molecule has 0 radical (unpaired) electrons. The average molecular weight is 250 g/mol. The summed E-state index contributed by atoms with van der Waals surface area (Å²) in [4.78, 5) is 12.2. The van der Waals surface area contributed by atoms with Gasteiger partial charge in [-0.2, -0.15) is 5.10 Å². The first-order valence-corrected chi connectivity index (χ1v) is 6.60. The van der Waals surface area contributed by atoms with Crippen LogP contribution in [0.2, 0.25) is 0 Å². The van der Waals surface area contributed by atoms with Gasteiger partial charge in [0.1, 0.15) is 5.56 Å². The van der Waals surface area contributed by atoms with E-state index in [2.05, 4.69) is 29.4 Å². The van der Waals surface area contributed by atoms with Gasteiger partial charge in [-0.3, -0.25) is 9.89 Å². The molecule has 1 aromatic rings. The molecule has 0 spiro atoms. The number of nitrogen functional groups attached to an aromatic ring is 1. The minimum Gasteiger partial charge on any atom is -0.382 e. The molecule has 1 fully saturated rings. The first kappa shape index (κ1) is 12.9. The molecule has 1 aliphatic carbocycles. The Morgan fingerprint density at radius 2 is 2.11 bits per heavy atom. The number of carbonyl (C=O) groups is 1. The van der Waals surface area contributed by atoms with Crippen LogP contribution in [0.15, 0.2) is 0 Å². The number of nitrogens with one attached hydrogen (secondary N) is 2. The third-order valence-corrected chi connectivity index (χ3v) is 4.14. The molecule has 18 heavy (non-hydrogen) atoms. The van der Waals surface area contributed by atoms with Crippen LogP contribution in [0.25, 0.3) is 0 Å². The lowest BCUT2D eigenvalue weighted by Crippen LogP contribution is -2.40. The van der Waals surface area contributed by atoms with Crippen LogP contribution in [0, 0.1) is 18.8 Å². The van der Waals surface area contributed by atoms with Gasteiger partial charge >= 0.3 is 0 Å². The molecule has 1 aliphatic rings. The molecule has 0 aromatic carbocycles. The van der Waals surface area contributed by atoms with Crippen molar-refractivity contribution >= 4 is 11.7 Å². The maximum atomic E-state index is 12.2. The van der Waals surface area contributed by atoms with Gasteiger partial charge in [0.15, 0.2) is 5.82 Å². The highest BCUT2D eigenvalue weighted by Gasteiger charge is 2.27. The van der Waals surface area contributed by atoms with E-state index in [4.69, 9.17) is 5.73 Å². The molecule has 0 bridgehead atoms. The molecule has 1 heterocycles. The number of aryl methyl sites for hydroxylation is 1. The number of amides is 1. The monoisotopic (exact) mass is 250 g/mol. The summed E-state index contributed by atoms with van der Waals surface area (Å²) in [6.07, 6.45) is 3.27. The van der Waals surface area contributed by atoms with E-state index in [0.717, 1.165) is 24.5 Å². The molecular weight excluding hydrogens is 228 g/mol. The molecule has 5 nitrogen and oxygen atoms in total. The van der Waals surface area contributed by atoms with Crippen molar-refractivity contribution in [3.05, 3.63) is 11.3 Å². The van der Waals surface area contributed by atoms with Gasteiger partial charge in [0.2, 0.25) is 0 Å². The van der Waals surface area contributed by atoms with Gasteiger partial charge in [0, 0.05) is 11.7 Å². The molecule has 100 valence electrons. The smallest absolute Gasteiger partial charge is 0.257 e. The van der Waals surface area contributed by atoms with Crippen molar-refractivity contribution in [2.75, 3.05) is 5.73 Å². The number of aromatic amines is 1.